The quantitative estimate of drug-likeness (QED) is 0.347. The maximum atomic E-state index is 12.2. The summed E-state index contributed by atoms with van der Waals surface area (Å²) in [6.45, 7) is 0. The van der Waals surface area contributed by atoms with Crippen LogP contribution in [-0.4, -0.2) is 18.9 Å². The highest BCUT2D eigenvalue weighted by Crippen LogP contribution is 2.63. The van der Waals surface area contributed by atoms with Gasteiger partial charge in [0.1, 0.15) is 7.85 Å². The van der Waals surface area contributed by atoms with E-state index in [2.05, 4.69) is 46.3 Å². The average molecular weight is 449 g/mol. The van der Waals surface area contributed by atoms with Gasteiger partial charge >= 0.3 is 5.97 Å². The van der Waals surface area contributed by atoms with Gasteiger partial charge in [-0.2, -0.15) is 0 Å². The maximum absolute atomic E-state index is 12.2. The third kappa shape index (κ3) is 2.02. The number of carbonyl (C=O) groups is 1. The first-order valence-electron chi connectivity index (χ1n) is 9.70. The molecule has 2 aliphatic carbocycles. The van der Waals surface area contributed by atoms with Crippen molar-refractivity contribution >= 4 is 35.2 Å². The van der Waals surface area contributed by atoms with E-state index in [0.717, 1.165) is 37.9 Å². The molecule has 140 valence electrons. The third-order valence-corrected chi connectivity index (χ3v) is 6.90. The largest absolute Gasteiger partial charge is 0.478 e. The van der Waals surface area contributed by atoms with Gasteiger partial charge in [-0.1, -0.05) is 88.1 Å². The van der Waals surface area contributed by atoms with Gasteiger partial charge in [0.2, 0.25) is 0 Å². The van der Waals surface area contributed by atoms with E-state index in [1.807, 2.05) is 42.5 Å². The minimum absolute atomic E-state index is 0.243. The maximum Gasteiger partial charge on any atom is 0.336 e. The van der Waals surface area contributed by atoms with Crippen LogP contribution in [0.5, 0.6) is 0 Å². The molecule has 4 aromatic rings. The summed E-state index contributed by atoms with van der Waals surface area (Å²) in [7, 11) is 6.25. The standard InChI is InChI=1S/C26H14BBrO2/c27-14-11-19(25(29)30)24-18-10-9-15(28)13-22(18)26(23(24)12-14)20-7-3-1-5-16(20)17-6-2-4-8-21(17)26/h1-13H,(H,29,30). The lowest BCUT2D eigenvalue weighted by molar-refractivity contribution is 0.0698. The summed E-state index contributed by atoms with van der Waals surface area (Å²) in [4.78, 5) is 12.2. The van der Waals surface area contributed by atoms with Crippen molar-refractivity contribution in [2.45, 2.75) is 5.41 Å². The number of fused-ring (bicyclic) bond motifs is 10. The van der Waals surface area contributed by atoms with E-state index in [4.69, 9.17) is 7.85 Å². The van der Waals surface area contributed by atoms with E-state index in [9.17, 15) is 9.90 Å². The number of carboxylic acid groups (broad SMARTS) is 1. The molecule has 1 N–H and O–H groups in total. The van der Waals surface area contributed by atoms with Crippen LogP contribution in [0.25, 0.3) is 22.3 Å². The van der Waals surface area contributed by atoms with E-state index in [1.54, 1.807) is 6.07 Å². The Labute approximate surface area is 183 Å². The van der Waals surface area contributed by atoms with Gasteiger partial charge in [0.25, 0.3) is 0 Å². The second kappa shape index (κ2) is 5.96. The van der Waals surface area contributed by atoms with E-state index in [1.165, 1.54) is 11.1 Å². The molecule has 30 heavy (non-hydrogen) atoms. The summed E-state index contributed by atoms with van der Waals surface area (Å²) in [5.74, 6) is -0.968. The van der Waals surface area contributed by atoms with Crippen molar-refractivity contribution < 1.29 is 9.90 Å². The predicted octanol–water partition coefficient (Wildman–Crippen LogP) is 5.28. The first-order chi connectivity index (χ1) is 14.5. The van der Waals surface area contributed by atoms with Gasteiger partial charge in [-0.25, -0.2) is 4.79 Å². The van der Waals surface area contributed by atoms with E-state index in [-0.39, 0.29) is 5.56 Å². The van der Waals surface area contributed by atoms with Crippen molar-refractivity contribution in [1.82, 2.24) is 0 Å². The Morgan fingerprint density at radius 1 is 0.767 bits per heavy atom. The number of carboxylic acids is 1. The average Bonchev–Trinajstić information content (AvgIpc) is 3.20. The monoisotopic (exact) mass is 448 g/mol. The number of hydrogen-bond donors (Lipinski definition) is 1. The Bertz CT molecular complexity index is 1360. The predicted molar refractivity (Wildman–Crippen MR) is 123 cm³/mol. The number of rotatable bonds is 1. The Morgan fingerprint density at radius 3 is 2.03 bits per heavy atom. The topological polar surface area (TPSA) is 37.3 Å². The van der Waals surface area contributed by atoms with Crippen molar-refractivity contribution in [3.63, 3.8) is 0 Å². The van der Waals surface area contributed by atoms with Crippen LogP contribution in [0.15, 0.2) is 83.3 Å². The molecule has 2 aliphatic rings. The zero-order valence-corrected chi connectivity index (χ0v) is 17.4. The molecule has 1 spiro atoms. The van der Waals surface area contributed by atoms with Gasteiger partial charge in [-0.15, -0.1) is 0 Å². The van der Waals surface area contributed by atoms with Crippen LogP contribution in [0.2, 0.25) is 0 Å². The smallest absolute Gasteiger partial charge is 0.336 e. The third-order valence-electron chi connectivity index (χ3n) is 6.40. The fourth-order valence-corrected chi connectivity index (χ4v) is 5.79. The van der Waals surface area contributed by atoms with E-state index >= 15 is 0 Å². The molecule has 4 aromatic carbocycles. The van der Waals surface area contributed by atoms with Gasteiger partial charge in [0.05, 0.1) is 11.0 Å². The van der Waals surface area contributed by atoms with Crippen LogP contribution in [0.1, 0.15) is 32.6 Å². The van der Waals surface area contributed by atoms with Gasteiger partial charge in [0.15, 0.2) is 0 Å². The Kier molecular flexibility index (Phi) is 3.52. The number of benzene rings is 4. The molecule has 2 radical (unpaired) electrons. The molecule has 0 unspecified atom stereocenters. The van der Waals surface area contributed by atoms with Crippen LogP contribution in [-0.2, 0) is 5.41 Å². The summed E-state index contributed by atoms with van der Waals surface area (Å²) in [5, 5.41) is 10.0. The van der Waals surface area contributed by atoms with Crippen LogP contribution in [0.3, 0.4) is 0 Å². The highest BCUT2D eigenvalue weighted by atomic mass is 79.9. The molecular weight excluding hydrogens is 435 g/mol. The summed E-state index contributed by atoms with van der Waals surface area (Å²) < 4.78 is 0.958. The molecule has 0 bridgehead atoms. The Hall–Kier alpha value is -3.11. The second-order valence-electron chi connectivity index (χ2n) is 7.83. The van der Waals surface area contributed by atoms with Crippen LogP contribution >= 0.6 is 15.9 Å². The number of hydrogen-bond acceptors (Lipinski definition) is 1. The molecule has 0 aliphatic heterocycles. The second-order valence-corrected chi connectivity index (χ2v) is 8.74. The van der Waals surface area contributed by atoms with Gasteiger partial charge in [-0.05, 0) is 51.1 Å². The molecule has 4 heteroatoms. The molecule has 0 aromatic heterocycles. The molecule has 0 saturated heterocycles. The number of aromatic carboxylic acids is 1. The molecule has 6 rings (SSSR count). The molecule has 0 amide bonds. The highest BCUT2D eigenvalue weighted by molar-refractivity contribution is 9.10. The summed E-state index contributed by atoms with van der Waals surface area (Å²) in [6.07, 6.45) is 0. The van der Waals surface area contributed by atoms with Gasteiger partial charge < -0.3 is 5.11 Å². The molecule has 2 nitrogen and oxygen atoms in total. The van der Waals surface area contributed by atoms with Crippen LogP contribution in [0, 0.1) is 0 Å². The zero-order valence-electron chi connectivity index (χ0n) is 15.8. The molecule has 0 heterocycles. The Morgan fingerprint density at radius 2 is 1.40 bits per heavy atom. The van der Waals surface area contributed by atoms with Gasteiger partial charge in [0, 0.05) is 10.0 Å². The SMILES string of the molecule is [B]c1cc(C(=O)O)c2c(c1)C1(c3ccccc3-c3ccccc31)c1cc(Br)ccc1-2. The highest BCUT2D eigenvalue weighted by Gasteiger charge is 2.52. The van der Waals surface area contributed by atoms with Crippen molar-refractivity contribution in [1.29, 1.82) is 0 Å². The van der Waals surface area contributed by atoms with Crippen molar-refractivity contribution in [3.05, 3.63) is 111 Å². The van der Waals surface area contributed by atoms with E-state index in [0.29, 0.717) is 5.46 Å². The summed E-state index contributed by atoms with van der Waals surface area (Å²) >= 11 is 3.64. The fraction of sp³-hybridized carbons (Fsp3) is 0.0385. The number of halogens is 1. The van der Waals surface area contributed by atoms with Crippen molar-refractivity contribution in [2.75, 3.05) is 0 Å². The first kappa shape index (κ1) is 17.7. The lowest BCUT2D eigenvalue weighted by Crippen LogP contribution is -2.27. The van der Waals surface area contributed by atoms with Gasteiger partial charge in [-0.3, -0.25) is 0 Å². The molecule has 0 atom stereocenters. The fourth-order valence-electron chi connectivity index (χ4n) is 5.42. The van der Waals surface area contributed by atoms with E-state index < -0.39 is 11.4 Å². The lowest BCUT2D eigenvalue weighted by Gasteiger charge is -2.31. The minimum atomic E-state index is -0.968. The van der Waals surface area contributed by atoms with Crippen molar-refractivity contribution in [2.24, 2.45) is 0 Å². The Balaban J connectivity index is 1.89. The first-order valence-corrected chi connectivity index (χ1v) is 10.5. The summed E-state index contributed by atoms with van der Waals surface area (Å²) in [6, 6.07) is 26.4. The minimum Gasteiger partial charge on any atom is -0.478 e. The lowest BCUT2D eigenvalue weighted by atomic mass is 9.69. The molecular formula is C26H14BBrO2. The molecule has 0 fully saturated rings. The zero-order chi connectivity index (χ0) is 20.6. The molecule has 0 saturated carbocycles. The summed E-state index contributed by atoms with van der Waals surface area (Å²) in [5.41, 5.74) is 8.48. The van der Waals surface area contributed by atoms with Crippen LogP contribution < -0.4 is 5.46 Å². The van der Waals surface area contributed by atoms with Crippen molar-refractivity contribution in [3.8, 4) is 22.3 Å². The normalized spacial score (nSPS) is 14.2. The van der Waals surface area contributed by atoms with Crippen LogP contribution in [0.4, 0.5) is 0 Å².